The highest BCUT2D eigenvalue weighted by atomic mass is 14.5. The van der Waals surface area contributed by atoms with E-state index in [1.807, 2.05) is 0 Å². The molecule has 0 aromatic heterocycles. The molecule has 0 aromatic carbocycles. The second kappa shape index (κ2) is 6.41. The largest absolute Gasteiger partial charge is 0.0648 e. The summed E-state index contributed by atoms with van der Waals surface area (Å²) in [6.07, 6.45) is 20.0. The van der Waals surface area contributed by atoms with Gasteiger partial charge in [0.05, 0.1) is 0 Å². The van der Waals surface area contributed by atoms with Gasteiger partial charge in [-0.05, 0) is 54.8 Å². The van der Waals surface area contributed by atoms with Crippen LogP contribution in [0.15, 0.2) is 0 Å². The van der Waals surface area contributed by atoms with Crippen LogP contribution in [-0.2, 0) is 0 Å². The van der Waals surface area contributed by atoms with E-state index < -0.39 is 0 Å². The van der Waals surface area contributed by atoms with E-state index in [4.69, 9.17) is 0 Å². The Morgan fingerprint density at radius 3 is 2.00 bits per heavy atom. The molecule has 116 valence electrons. The molecule has 3 unspecified atom stereocenters. The van der Waals surface area contributed by atoms with Gasteiger partial charge >= 0.3 is 0 Å². The van der Waals surface area contributed by atoms with Gasteiger partial charge in [-0.1, -0.05) is 71.6 Å². The minimum absolute atomic E-state index is 0.752. The molecule has 3 aliphatic carbocycles. The first kappa shape index (κ1) is 14.9. The van der Waals surface area contributed by atoms with Gasteiger partial charge in [-0.2, -0.15) is 0 Å². The monoisotopic (exact) mass is 276 g/mol. The second-order valence-electron chi connectivity index (χ2n) is 8.50. The third-order valence-electron chi connectivity index (χ3n) is 7.53. The zero-order valence-electron chi connectivity index (χ0n) is 14.0. The van der Waals surface area contributed by atoms with Gasteiger partial charge in [0.2, 0.25) is 0 Å². The van der Waals surface area contributed by atoms with E-state index in [1.165, 1.54) is 44.9 Å². The van der Waals surface area contributed by atoms with Crippen LogP contribution in [0.2, 0.25) is 0 Å². The molecule has 0 radical (unpaired) electrons. The van der Waals surface area contributed by atoms with E-state index in [2.05, 4.69) is 13.8 Å². The summed E-state index contributed by atoms with van der Waals surface area (Å²) < 4.78 is 0. The van der Waals surface area contributed by atoms with Crippen molar-refractivity contribution in [2.24, 2.45) is 29.1 Å². The highest BCUT2D eigenvalue weighted by Crippen LogP contribution is 2.58. The molecule has 0 nitrogen and oxygen atoms in total. The number of rotatable bonds is 3. The van der Waals surface area contributed by atoms with Crippen LogP contribution in [0.4, 0.5) is 0 Å². The molecule has 0 heteroatoms. The number of hydrogen-bond acceptors (Lipinski definition) is 0. The third-order valence-corrected chi connectivity index (χ3v) is 7.53. The fourth-order valence-electron chi connectivity index (χ4n) is 6.37. The van der Waals surface area contributed by atoms with Crippen LogP contribution < -0.4 is 0 Å². The summed E-state index contributed by atoms with van der Waals surface area (Å²) in [5.41, 5.74) is 0.752. The maximum atomic E-state index is 2.60. The van der Waals surface area contributed by atoms with E-state index in [9.17, 15) is 0 Å². The van der Waals surface area contributed by atoms with Gasteiger partial charge in [-0.25, -0.2) is 0 Å². The topological polar surface area (TPSA) is 0 Å². The van der Waals surface area contributed by atoms with Crippen LogP contribution in [-0.4, -0.2) is 0 Å². The van der Waals surface area contributed by atoms with E-state index in [0.29, 0.717) is 0 Å². The molecule has 0 bridgehead atoms. The lowest BCUT2D eigenvalue weighted by Gasteiger charge is -2.40. The molecular formula is C20H36. The van der Waals surface area contributed by atoms with Crippen LogP contribution in [0.25, 0.3) is 0 Å². The van der Waals surface area contributed by atoms with Crippen LogP contribution >= 0.6 is 0 Å². The molecule has 20 heavy (non-hydrogen) atoms. The molecule has 0 spiro atoms. The van der Waals surface area contributed by atoms with Crippen LogP contribution in [0.5, 0.6) is 0 Å². The van der Waals surface area contributed by atoms with E-state index in [-0.39, 0.29) is 0 Å². The van der Waals surface area contributed by atoms with Gasteiger partial charge in [0.25, 0.3) is 0 Å². The van der Waals surface area contributed by atoms with Crippen molar-refractivity contribution < 1.29 is 0 Å². The summed E-state index contributed by atoms with van der Waals surface area (Å²) in [5.74, 6) is 4.27. The summed E-state index contributed by atoms with van der Waals surface area (Å²) in [6, 6.07) is 0. The van der Waals surface area contributed by atoms with E-state index in [1.54, 1.807) is 38.5 Å². The molecule has 0 amide bonds. The lowest BCUT2D eigenvalue weighted by molar-refractivity contribution is 0.102. The predicted molar refractivity (Wildman–Crippen MR) is 87.8 cm³/mol. The summed E-state index contributed by atoms with van der Waals surface area (Å²) in [5, 5.41) is 0. The summed E-state index contributed by atoms with van der Waals surface area (Å²) in [6.45, 7) is 5.10. The van der Waals surface area contributed by atoms with Gasteiger partial charge < -0.3 is 0 Å². The second-order valence-corrected chi connectivity index (χ2v) is 8.50. The van der Waals surface area contributed by atoms with Crippen LogP contribution in [0.3, 0.4) is 0 Å². The van der Waals surface area contributed by atoms with Crippen molar-refractivity contribution in [1.82, 2.24) is 0 Å². The van der Waals surface area contributed by atoms with Gasteiger partial charge in [-0.15, -0.1) is 0 Å². The number of hydrogen-bond donors (Lipinski definition) is 0. The minimum Gasteiger partial charge on any atom is -0.0648 e. The average Bonchev–Trinajstić information content (AvgIpc) is 2.87. The molecule has 3 atom stereocenters. The third kappa shape index (κ3) is 2.81. The maximum absolute atomic E-state index is 2.60. The predicted octanol–water partition coefficient (Wildman–Crippen LogP) is 6.59. The fraction of sp³-hybridized carbons (Fsp3) is 1.00. The fourth-order valence-corrected chi connectivity index (χ4v) is 6.37. The smallest absolute Gasteiger partial charge is 0.0266 e. The Morgan fingerprint density at radius 1 is 0.800 bits per heavy atom. The first-order valence-electron chi connectivity index (χ1n) is 9.75. The highest BCUT2D eigenvalue weighted by Gasteiger charge is 2.48. The molecule has 0 saturated heterocycles. The quantitative estimate of drug-likeness (QED) is 0.545. The standard InChI is InChI=1S/C20H36/c1-3-20(18-12-8-5-9-13-18)14-16(2)19(15-20)17-10-6-4-7-11-17/h16-19H,3-15H2,1-2H3. The Morgan fingerprint density at radius 2 is 1.40 bits per heavy atom. The van der Waals surface area contributed by atoms with E-state index in [0.717, 1.165) is 29.1 Å². The first-order valence-corrected chi connectivity index (χ1v) is 9.75. The van der Waals surface area contributed by atoms with E-state index >= 15 is 0 Å². The highest BCUT2D eigenvalue weighted by molar-refractivity contribution is 4.98. The lowest BCUT2D eigenvalue weighted by atomic mass is 9.65. The van der Waals surface area contributed by atoms with Crippen LogP contribution in [0.1, 0.15) is 97.3 Å². The van der Waals surface area contributed by atoms with Crippen molar-refractivity contribution in [2.45, 2.75) is 97.3 Å². The Balaban J connectivity index is 1.70. The summed E-state index contributed by atoms with van der Waals surface area (Å²) in [7, 11) is 0. The molecule has 0 aromatic rings. The molecule has 3 rings (SSSR count). The first-order chi connectivity index (χ1) is 9.75. The summed E-state index contributed by atoms with van der Waals surface area (Å²) in [4.78, 5) is 0. The average molecular weight is 277 g/mol. The normalized spacial score (nSPS) is 41.1. The summed E-state index contributed by atoms with van der Waals surface area (Å²) >= 11 is 0. The maximum Gasteiger partial charge on any atom is -0.0266 e. The van der Waals surface area contributed by atoms with Crippen molar-refractivity contribution in [3.8, 4) is 0 Å². The van der Waals surface area contributed by atoms with Crippen molar-refractivity contribution in [3.63, 3.8) is 0 Å². The Hall–Kier alpha value is 0. The molecular weight excluding hydrogens is 240 g/mol. The Kier molecular flexibility index (Phi) is 4.78. The van der Waals surface area contributed by atoms with Crippen LogP contribution in [0, 0.1) is 29.1 Å². The SMILES string of the molecule is CCC1(C2CCCCC2)CC(C)C(C2CCCCC2)C1. The van der Waals surface area contributed by atoms with Gasteiger partial charge in [0.1, 0.15) is 0 Å². The molecule has 0 N–H and O–H groups in total. The molecule has 0 heterocycles. The Bertz CT molecular complexity index is 295. The zero-order chi connectivity index (χ0) is 14.0. The van der Waals surface area contributed by atoms with Gasteiger partial charge in [0.15, 0.2) is 0 Å². The lowest BCUT2D eigenvalue weighted by Crippen LogP contribution is -2.30. The van der Waals surface area contributed by atoms with Crippen molar-refractivity contribution in [1.29, 1.82) is 0 Å². The van der Waals surface area contributed by atoms with Crippen molar-refractivity contribution in [3.05, 3.63) is 0 Å². The van der Waals surface area contributed by atoms with Gasteiger partial charge in [0, 0.05) is 0 Å². The molecule has 3 aliphatic rings. The minimum atomic E-state index is 0.752. The van der Waals surface area contributed by atoms with Crippen molar-refractivity contribution in [2.75, 3.05) is 0 Å². The van der Waals surface area contributed by atoms with Gasteiger partial charge in [-0.3, -0.25) is 0 Å². The molecule has 3 saturated carbocycles. The van der Waals surface area contributed by atoms with Crippen molar-refractivity contribution >= 4 is 0 Å². The molecule has 0 aliphatic heterocycles. The zero-order valence-corrected chi connectivity index (χ0v) is 14.0. The molecule has 3 fully saturated rings. The Labute approximate surface area is 127 Å².